The van der Waals surface area contributed by atoms with E-state index in [0.717, 1.165) is 16.9 Å². The quantitative estimate of drug-likeness (QED) is 0.673. The van der Waals surface area contributed by atoms with E-state index in [1.807, 2.05) is 0 Å². The van der Waals surface area contributed by atoms with Crippen LogP contribution in [0.25, 0.3) is 0 Å². The SMILES string of the molecule is N#Cc1cc(Cn2cc([N+](=O)[O-])c(C(=O)O)n2)ccc1F. The van der Waals surface area contributed by atoms with Crippen molar-refractivity contribution in [2.75, 3.05) is 0 Å². The maximum absolute atomic E-state index is 13.2. The number of nitriles is 1. The van der Waals surface area contributed by atoms with Gasteiger partial charge in [0.2, 0.25) is 5.69 Å². The lowest BCUT2D eigenvalue weighted by Crippen LogP contribution is -2.05. The summed E-state index contributed by atoms with van der Waals surface area (Å²) in [6.45, 7) is -0.0247. The zero-order valence-corrected chi connectivity index (χ0v) is 10.4. The lowest BCUT2D eigenvalue weighted by molar-refractivity contribution is -0.385. The minimum absolute atomic E-state index is 0.0247. The fourth-order valence-electron chi connectivity index (χ4n) is 1.72. The van der Waals surface area contributed by atoms with Crippen molar-refractivity contribution in [3.8, 4) is 6.07 Å². The minimum Gasteiger partial charge on any atom is -0.476 e. The van der Waals surface area contributed by atoms with Gasteiger partial charge in [-0.3, -0.25) is 14.8 Å². The highest BCUT2D eigenvalue weighted by Crippen LogP contribution is 2.18. The van der Waals surface area contributed by atoms with Crippen molar-refractivity contribution in [1.82, 2.24) is 9.78 Å². The summed E-state index contributed by atoms with van der Waals surface area (Å²) in [6, 6.07) is 5.40. The van der Waals surface area contributed by atoms with Gasteiger partial charge in [0.25, 0.3) is 0 Å². The van der Waals surface area contributed by atoms with Gasteiger partial charge in [0.05, 0.1) is 17.0 Å². The third kappa shape index (κ3) is 2.84. The summed E-state index contributed by atoms with van der Waals surface area (Å²) in [4.78, 5) is 20.7. The van der Waals surface area contributed by atoms with E-state index in [2.05, 4.69) is 5.10 Å². The van der Waals surface area contributed by atoms with Crippen LogP contribution in [0.3, 0.4) is 0 Å². The maximum Gasteiger partial charge on any atom is 0.363 e. The Kier molecular flexibility index (Phi) is 3.62. The van der Waals surface area contributed by atoms with Crippen LogP contribution in [0.5, 0.6) is 0 Å². The van der Waals surface area contributed by atoms with Crippen molar-refractivity contribution in [1.29, 1.82) is 5.26 Å². The molecule has 1 heterocycles. The van der Waals surface area contributed by atoms with Crippen LogP contribution in [0.2, 0.25) is 0 Å². The van der Waals surface area contributed by atoms with E-state index >= 15 is 0 Å². The largest absolute Gasteiger partial charge is 0.476 e. The van der Waals surface area contributed by atoms with Crippen LogP contribution in [0.4, 0.5) is 10.1 Å². The molecular weight excluding hydrogens is 283 g/mol. The average Bonchev–Trinajstić information content (AvgIpc) is 2.85. The van der Waals surface area contributed by atoms with Gasteiger partial charge in [-0.25, -0.2) is 9.18 Å². The van der Waals surface area contributed by atoms with Crippen LogP contribution in [-0.4, -0.2) is 25.8 Å². The standard InChI is InChI=1S/C12H7FN4O4/c13-9-2-1-7(3-8(9)4-14)5-16-6-10(17(20)21)11(15-16)12(18)19/h1-3,6H,5H2,(H,18,19). The molecule has 9 heteroatoms. The summed E-state index contributed by atoms with van der Waals surface area (Å²) in [6.07, 6.45) is 0.971. The summed E-state index contributed by atoms with van der Waals surface area (Å²) >= 11 is 0. The van der Waals surface area contributed by atoms with Gasteiger partial charge < -0.3 is 5.11 Å². The number of hydrogen-bond acceptors (Lipinski definition) is 5. The third-order valence-corrected chi connectivity index (χ3v) is 2.64. The van der Waals surface area contributed by atoms with Crippen molar-refractivity contribution in [2.24, 2.45) is 0 Å². The Balaban J connectivity index is 2.36. The second-order valence-corrected chi connectivity index (χ2v) is 4.05. The van der Waals surface area contributed by atoms with E-state index in [1.54, 1.807) is 6.07 Å². The van der Waals surface area contributed by atoms with E-state index in [0.29, 0.717) is 5.56 Å². The molecule has 2 aromatic rings. The lowest BCUT2D eigenvalue weighted by Gasteiger charge is -2.02. The van der Waals surface area contributed by atoms with Crippen molar-refractivity contribution in [3.05, 3.63) is 57.1 Å². The molecule has 0 aliphatic heterocycles. The molecule has 0 bridgehead atoms. The number of carboxylic acid groups (broad SMARTS) is 1. The van der Waals surface area contributed by atoms with E-state index in [9.17, 15) is 19.3 Å². The highest BCUT2D eigenvalue weighted by Gasteiger charge is 2.25. The number of carboxylic acids is 1. The lowest BCUT2D eigenvalue weighted by atomic mass is 10.1. The van der Waals surface area contributed by atoms with Gasteiger partial charge in [-0.15, -0.1) is 0 Å². The Hall–Kier alpha value is -3.28. The van der Waals surface area contributed by atoms with Crippen LogP contribution in [0, 0.1) is 27.3 Å². The molecule has 0 aliphatic rings. The molecule has 0 radical (unpaired) electrons. The molecule has 21 heavy (non-hydrogen) atoms. The molecule has 0 fully saturated rings. The Morgan fingerprint density at radius 2 is 2.29 bits per heavy atom. The fraction of sp³-hybridized carbons (Fsp3) is 0.0833. The number of aromatic carboxylic acids is 1. The maximum atomic E-state index is 13.2. The number of rotatable bonds is 4. The molecule has 0 atom stereocenters. The molecule has 1 aromatic carbocycles. The first-order valence-corrected chi connectivity index (χ1v) is 5.56. The predicted octanol–water partition coefficient (Wildman–Crippen LogP) is 1.55. The van der Waals surface area contributed by atoms with Gasteiger partial charge in [0.1, 0.15) is 18.1 Å². The predicted molar refractivity (Wildman–Crippen MR) is 66.1 cm³/mol. The summed E-state index contributed by atoms with van der Waals surface area (Å²) in [5.74, 6) is -2.20. The molecule has 0 saturated heterocycles. The Bertz CT molecular complexity index is 747. The van der Waals surface area contributed by atoms with Crippen LogP contribution >= 0.6 is 0 Å². The zero-order valence-electron chi connectivity index (χ0n) is 10.4. The molecule has 0 aliphatic carbocycles. The number of carbonyl (C=O) groups is 1. The summed E-state index contributed by atoms with van der Waals surface area (Å²) < 4.78 is 14.2. The first-order chi connectivity index (χ1) is 9.92. The van der Waals surface area contributed by atoms with Crippen LogP contribution < -0.4 is 0 Å². The first-order valence-electron chi connectivity index (χ1n) is 5.56. The van der Waals surface area contributed by atoms with Gasteiger partial charge in [-0.1, -0.05) is 6.07 Å². The number of aromatic nitrogens is 2. The monoisotopic (exact) mass is 290 g/mol. The Morgan fingerprint density at radius 1 is 1.57 bits per heavy atom. The number of halogens is 1. The summed E-state index contributed by atoms with van der Waals surface area (Å²) in [5, 5.41) is 31.9. The highest BCUT2D eigenvalue weighted by molar-refractivity contribution is 5.89. The molecule has 0 amide bonds. The average molecular weight is 290 g/mol. The normalized spacial score (nSPS) is 10.1. The van der Waals surface area contributed by atoms with Crippen LogP contribution in [0.1, 0.15) is 21.6 Å². The number of hydrogen-bond donors (Lipinski definition) is 1. The van der Waals surface area contributed by atoms with E-state index in [1.165, 1.54) is 12.1 Å². The number of benzene rings is 1. The second kappa shape index (κ2) is 5.38. The Morgan fingerprint density at radius 3 is 2.81 bits per heavy atom. The smallest absolute Gasteiger partial charge is 0.363 e. The van der Waals surface area contributed by atoms with Gasteiger partial charge in [-0.05, 0) is 17.7 Å². The highest BCUT2D eigenvalue weighted by atomic mass is 19.1. The van der Waals surface area contributed by atoms with Crippen molar-refractivity contribution in [3.63, 3.8) is 0 Å². The molecule has 0 spiro atoms. The number of nitro groups is 1. The molecule has 1 aromatic heterocycles. The fourth-order valence-corrected chi connectivity index (χ4v) is 1.72. The van der Waals surface area contributed by atoms with Gasteiger partial charge in [-0.2, -0.15) is 10.4 Å². The van der Waals surface area contributed by atoms with E-state index in [-0.39, 0.29) is 12.1 Å². The molecule has 8 nitrogen and oxygen atoms in total. The van der Waals surface area contributed by atoms with Crippen molar-refractivity contribution in [2.45, 2.75) is 6.54 Å². The summed E-state index contributed by atoms with van der Waals surface area (Å²) in [5.41, 5.74) is -1.03. The van der Waals surface area contributed by atoms with Crippen molar-refractivity contribution < 1.29 is 19.2 Å². The van der Waals surface area contributed by atoms with Gasteiger partial charge >= 0.3 is 11.7 Å². The number of nitrogens with zero attached hydrogens (tertiary/aromatic N) is 4. The first kappa shape index (κ1) is 14.1. The summed E-state index contributed by atoms with van der Waals surface area (Å²) in [7, 11) is 0. The van der Waals surface area contributed by atoms with E-state index in [4.69, 9.17) is 10.4 Å². The van der Waals surface area contributed by atoms with Gasteiger partial charge in [0, 0.05) is 0 Å². The molecule has 106 valence electrons. The third-order valence-electron chi connectivity index (χ3n) is 2.64. The molecule has 0 saturated carbocycles. The molecular formula is C12H7FN4O4. The topological polar surface area (TPSA) is 122 Å². The second-order valence-electron chi connectivity index (χ2n) is 4.05. The Labute approximate surface area is 116 Å². The minimum atomic E-state index is -1.52. The molecule has 1 N–H and O–H groups in total. The van der Waals surface area contributed by atoms with Crippen molar-refractivity contribution >= 4 is 11.7 Å². The molecule has 0 unspecified atom stereocenters. The van der Waals surface area contributed by atoms with Gasteiger partial charge in [0.15, 0.2) is 0 Å². The van der Waals surface area contributed by atoms with Crippen LogP contribution in [0.15, 0.2) is 24.4 Å². The van der Waals surface area contributed by atoms with E-state index < -0.39 is 28.1 Å². The molecule has 2 rings (SSSR count). The van der Waals surface area contributed by atoms with Crippen LogP contribution in [-0.2, 0) is 6.54 Å². The zero-order chi connectivity index (χ0) is 15.6.